The molecule has 18 heavy (non-hydrogen) atoms. The summed E-state index contributed by atoms with van der Waals surface area (Å²) in [5.74, 6) is -0.980. The number of carbonyl (C=O) groups is 1. The largest absolute Gasteiger partial charge is 0.476 e. The van der Waals surface area contributed by atoms with Crippen molar-refractivity contribution < 1.29 is 14.6 Å². The van der Waals surface area contributed by atoms with Gasteiger partial charge < -0.3 is 20.5 Å². The van der Waals surface area contributed by atoms with Crippen LogP contribution >= 0.6 is 11.3 Å². The van der Waals surface area contributed by atoms with Crippen LogP contribution in [0.1, 0.15) is 21.8 Å². The molecule has 1 aliphatic heterocycles. The number of nitrogens with two attached hydrogens (primary N) is 1. The molecule has 0 saturated carbocycles. The first-order chi connectivity index (χ1) is 8.52. The lowest BCUT2D eigenvalue weighted by molar-refractivity contribution is 0.0690. The maximum absolute atomic E-state index is 11.0. The highest BCUT2D eigenvalue weighted by molar-refractivity contribution is 7.15. The molecule has 2 atom stereocenters. The first-order valence-electron chi connectivity index (χ1n) is 5.77. The number of ether oxygens (including phenoxy) is 1. The van der Waals surface area contributed by atoms with E-state index < -0.39 is 5.97 Å². The molecule has 0 unspecified atom stereocenters. The van der Waals surface area contributed by atoms with Gasteiger partial charge >= 0.3 is 5.97 Å². The Morgan fingerprint density at radius 3 is 2.94 bits per heavy atom. The monoisotopic (exact) mass is 271 g/mol. The summed E-state index contributed by atoms with van der Waals surface area (Å²) in [6.45, 7) is 3.21. The molecule has 1 aromatic rings. The topological polar surface area (TPSA) is 88.7 Å². The van der Waals surface area contributed by atoms with Gasteiger partial charge in [-0.2, -0.15) is 0 Å². The lowest BCUT2D eigenvalue weighted by Crippen LogP contribution is -2.51. The fourth-order valence-electron chi connectivity index (χ4n) is 2.07. The molecule has 0 spiro atoms. The molecule has 3 N–H and O–H groups in total. The van der Waals surface area contributed by atoms with E-state index in [0.717, 1.165) is 23.0 Å². The van der Waals surface area contributed by atoms with Gasteiger partial charge in [0.1, 0.15) is 0 Å². The molecule has 0 radical (unpaired) electrons. The van der Waals surface area contributed by atoms with Crippen molar-refractivity contribution in [3.05, 3.63) is 10.6 Å². The molecule has 1 fully saturated rings. The predicted octanol–water partition coefficient (Wildman–Crippen LogP) is 0.702. The second-order valence-electron chi connectivity index (χ2n) is 4.38. The third-order valence-corrected chi connectivity index (χ3v) is 4.20. The molecule has 0 bridgehead atoms. The molecule has 0 aliphatic carbocycles. The van der Waals surface area contributed by atoms with Gasteiger partial charge in [-0.05, 0) is 13.3 Å². The average Bonchev–Trinajstić information content (AvgIpc) is 2.72. The number of aromatic carboxylic acids is 1. The predicted molar refractivity (Wildman–Crippen MR) is 69.4 cm³/mol. The first kappa shape index (κ1) is 13.3. The highest BCUT2D eigenvalue weighted by Gasteiger charge is 2.29. The van der Waals surface area contributed by atoms with E-state index in [1.54, 1.807) is 14.0 Å². The second-order valence-corrected chi connectivity index (χ2v) is 5.56. The normalized spacial score (nSPS) is 24.3. The van der Waals surface area contributed by atoms with Crippen LogP contribution in [0.15, 0.2) is 0 Å². The summed E-state index contributed by atoms with van der Waals surface area (Å²) in [5, 5.41) is 9.73. The van der Waals surface area contributed by atoms with Crippen LogP contribution in [0.2, 0.25) is 0 Å². The molecular formula is C11H17N3O3S. The van der Waals surface area contributed by atoms with Crippen molar-refractivity contribution in [2.75, 3.05) is 25.1 Å². The molecule has 0 aromatic carbocycles. The summed E-state index contributed by atoms with van der Waals surface area (Å²) in [6.07, 6.45) is 0.788. The number of hydrogen-bond acceptors (Lipinski definition) is 6. The van der Waals surface area contributed by atoms with Crippen molar-refractivity contribution in [2.24, 2.45) is 5.73 Å². The lowest BCUT2D eigenvalue weighted by Gasteiger charge is -2.35. The summed E-state index contributed by atoms with van der Waals surface area (Å²) >= 11 is 1.40. The van der Waals surface area contributed by atoms with Crippen LogP contribution in [0.25, 0.3) is 0 Å². The van der Waals surface area contributed by atoms with E-state index in [0.29, 0.717) is 6.54 Å². The van der Waals surface area contributed by atoms with E-state index in [2.05, 4.69) is 4.98 Å². The number of aromatic nitrogens is 1. The minimum Gasteiger partial charge on any atom is -0.476 e. The number of carboxylic acids is 1. The molecule has 2 heterocycles. The highest BCUT2D eigenvalue weighted by Crippen LogP contribution is 2.28. The number of rotatable bonds is 3. The summed E-state index contributed by atoms with van der Waals surface area (Å²) < 4.78 is 5.33. The van der Waals surface area contributed by atoms with Gasteiger partial charge in [-0.15, -0.1) is 11.3 Å². The van der Waals surface area contributed by atoms with Gasteiger partial charge in [-0.1, -0.05) is 0 Å². The Morgan fingerprint density at radius 1 is 1.67 bits per heavy atom. The van der Waals surface area contributed by atoms with Crippen LogP contribution in [0, 0.1) is 6.92 Å². The SMILES string of the molecule is CO[C@@H]1CN(c2nc(C(=O)O)c(C)s2)CC[C@@H]1N. The molecule has 100 valence electrons. The molecule has 0 amide bonds. The Labute approximate surface area is 109 Å². The van der Waals surface area contributed by atoms with Gasteiger partial charge in [0.2, 0.25) is 0 Å². The fraction of sp³-hybridized carbons (Fsp3) is 0.636. The van der Waals surface area contributed by atoms with Crippen molar-refractivity contribution in [3.63, 3.8) is 0 Å². The van der Waals surface area contributed by atoms with E-state index in [1.165, 1.54) is 11.3 Å². The third kappa shape index (κ3) is 2.47. The van der Waals surface area contributed by atoms with E-state index in [9.17, 15) is 4.79 Å². The quantitative estimate of drug-likeness (QED) is 0.841. The van der Waals surface area contributed by atoms with Crippen LogP contribution in [0.5, 0.6) is 0 Å². The molecule has 7 heteroatoms. The number of nitrogens with zero attached hydrogens (tertiary/aromatic N) is 2. The van der Waals surface area contributed by atoms with E-state index in [-0.39, 0.29) is 17.8 Å². The first-order valence-corrected chi connectivity index (χ1v) is 6.58. The van der Waals surface area contributed by atoms with Crippen LogP contribution in [0.3, 0.4) is 0 Å². The van der Waals surface area contributed by atoms with Crippen molar-refractivity contribution in [2.45, 2.75) is 25.5 Å². The van der Waals surface area contributed by atoms with Crippen LogP contribution in [-0.4, -0.2) is 48.4 Å². The maximum atomic E-state index is 11.0. The van der Waals surface area contributed by atoms with Gasteiger partial charge in [0.25, 0.3) is 0 Å². The van der Waals surface area contributed by atoms with Crippen molar-refractivity contribution in [1.29, 1.82) is 0 Å². The minimum absolute atomic E-state index is 0.0313. The Kier molecular flexibility index (Phi) is 3.84. The van der Waals surface area contributed by atoms with Crippen molar-refractivity contribution in [3.8, 4) is 0 Å². The summed E-state index contributed by atoms with van der Waals surface area (Å²) in [7, 11) is 1.64. The third-order valence-electron chi connectivity index (χ3n) is 3.17. The number of carboxylic acid groups (broad SMARTS) is 1. The average molecular weight is 271 g/mol. The van der Waals surface area contributed by atoms with Gasteiger partial charge in [-0.3, -0.25) is 0 Å². The summed E-state index contributed by atoms with van der Waals surface area (Å²) in [5.41, 5.74) is 6.09. The summed E-state index contributed by atoms with van der Waals surface area (Å²) in [6, 6.07) is 0.0336. The van der Waals surface area contributed by atoms with Crippen LogP contribution < -0.4 is 10.6 Å². The minimum atomic E-state index is -0.980. The maximum Gasteiger partial charge on any atom is 0.355 e. The van der Waals surface area contributed by atoms with Crippen LogP contribution in [0.4, 0.5) is 5.13 Å². The van der Waals surface area contributed by atoms with E-state index in [1.807, 2.05) is 4.90 Å². The Bertz CT molecular complexity index is 449. The van der Waals surface area contributed by atoms with Gasteiger partial charge in [-0.25, -0.2) is 9.78 Å². The zero-order chi connectivity index (χ0) is 13.3. The number of hydrogen-bond donors (Lipinski definition) is 2. The van der Waals surface area contributed by atoms with Crippen LogP contribution in [-0.2, 0) is 4.74 Å². The van der Waals surface area contributed by atoms with Gasteiger partial charge in [0, 0.05) is 31.1 Å². The smallest absolute Gasteiger partial charge is 0.355 e. The second kappa shape index (κ2) is 5.21. The van der Waals surface area contributed by atoms with Gasteiger partial charge in [0.05, 0.1) is 6.10 Å². The standard InChI is InChI=1S/C11H17N3O3S/c1-6-9(10(15)16)13-11(18-6)14-4-3-7(12)8(5-14)17-2/h7-8H,3-5,12H2,1-2H3,(H,15,16)/t7-,8+/m0/s1. The number of thiazole rings is 1. The molecular weight excluding hydrogens is 254 g/mol. The number of anilines is 1. The zero-order valence-corrected chi connectivity index (χ0v) is 11.2. The summed E-state index contributed by atoms with van der Waals surface area (Å²) in [4.78, 5) is 17.9. The molecule has 2 rings (SSSR count). The van der Waals surface area contributed by atoms with E-state index in [4.69, 9.17) is 15.6 Å². The molecule has 1 aromatic heterocycles. The van der Waals surface area contributed by atoms with E-state index >= 15 is 0 Å². The van der Waals surface area contributed by atoms with Crippen molar-refractivity contribution in [1.82, 2.24) is 4.98 Å². The zero-order valence-electron chi connectivity index (χ0n) is 10.4. The fourth-order valence-corrected chi connectivity index (χ4v) is 3.01. The Hall–Kier alpha value is -1.18. The molecule has 1 saturated heterocycles. The molecule has 6 nitrogen and oxygen atoms in total. The number of aryl methyl sites for hydroxylation is 1. The molecule has 1 aliphatic rings. The van der Waals surface area contributed by atoms with Gasteiger partial charge in [0.15, 0.2) is 10.8 Å². The lowest BCUT2D eigenvalue weighted by atomic mass is 10.0. The van der Waals surface area contributed by atoms with Crippen molar-refractivity contribution >= 4 is 22.4 Å². The number of methoxy groups -OCH3 is 1. The Balaban J connectivity index is 2.17. The highest BCUT2D eigenvalue weighted by atomic mass is 32.1. The Morgan fingerprint density at radius 2 is 2.39 bits per heavy atom. The number of piperidine rings is 1.